The maximum Gasteiger partial charge on any atom is 0.346 e. The normalized spacial score (nSPS) is 17.2. The molecule has 0 unspecified atom stereocenters. The molecule has 2 aliphatic heterocycles. The van der Waals surface area contributed by atoms with Crippen molar-refractivity contribution in [2.24, 2.45) is 0 Å². The van der Waals surface area contributed by atoms with Crippen LogP contribution in [0.2, 0.25) is 0 Å². The highest BCUT2D eigenvalue weighted by atomic mass is 32.2. The molecule has 0 atom stereocenters. The largest absolute Gasteiger partial charge is 0.497 e. The van der Waals surface area contributed by atoms with Gasteiger partial charge < -0.3 is 19.1 Å². The van der Waals surface area contributed by atoms with Crippen molar-refractivity contribution in [2.45, 2.75) is 39.2 Å². The number of carbonyl (C=O) groups excluding carboxylic acids is 3. The number of esters is 2. The first-order valence-corrected chi connectivity index (χ1v) is 12.2. The second-order valence-electron chi connectivity index (χ2n) is 7.76. The van der Waals surface area contributed by atoms with Crippen LogP contribution in [0.15, 0.2) is 32.2 Å². The van der Waals surface area contributed by atoms with E-state index in [0.29, 0.717) is 44.5 Å². The van der Waals surface area contributed by atoms with Crippen molar-refractivity contribution in [1.82, 2.24) is 0 Å². The van der Waals surface area contributed by atoms with Gasteiger partial charge in [0.05, 0.1) is 41.7 Å². The van der Waals surface area contributed by atoms with E-state index in [2.05, 4.69) is 0 Å². The van der Waals surface area contributed by atoms with Crippen LogP contribution in [0.25, 0.3) is 5.57 Å². The van der Waals surface area contributed by atoms with Crippen molar-refractivity contribution in [3.63, 3.8) is 0 Å². The minimum absolute atomic E-state index is 0.0318. The molecule has 0 aliphatic carbocycles. The van der Waals surface area contributed by atoms with E-state index < -0.39 is 17.5 Å². The van der Waals surface area contributed by atoms with Crippen molar-refractivity contribution in [3.05, 3.63) is 37.8 Å². The molecule has 33 heavy (non-hydrogen) atoms. The van der Waals surface area contributed by atoms with Gasteiger partial charge in [0, 0.05) is 17.6 Å². The summed E-state index contributed by atoms with van der Waals surface area (Å²) in [6.07, 6.45) is 1.09. The summed E-state index contributed by atoms with van der Waals surface area (Å²) in [5.41, 5.74) is 1.27. The lowest BCUT2D eigenvalue weighted by molar-refractivity contribution is -0.138. The summed E-state index contributed by atoms with van der Waals surface area (Å²) in [5, 5.41) is 0. The van der Waals surface area contributed by atoms with Crippen molar-refractivity contribution in [1.29, 1.82) is 0 Å². The zero-order valence-electron chi connectivity index (χ0n) is 19.3. The molecule has 0 N–H and O–H groups in total. The average molecular weight is 508 g/mol. The quantitative estimate of drug-likeness (QED) is 0.320. The van der Waals surface area contributed by atoms with Gasteiger partial charge in [0.25, 0.3) is 0 Å². The monoisotopic (exact) mass is 507 g/mol. The molecule has 0 fully saturated rings. The van der Waals surface area contributed by atoms with Crippen molar-refractivity contribution in [3.8, 4) is 5.75 Å². The number of methoxy groups -OCH3 is 3. The van der Waals surface area contributed by atoms with Crippen molar-refractivity contribution in [2.75, 3.05) is 26.2 Å². The molecule has 10 heteroatoms. The Morgan fingerprint density at radius 1 is 1.03 bits per heavy atom. The number of ether oxygens (including phenoxy) is 3. The van der Waals surface area contributed by atoms with Crippen LogP contribution in [0, 0.1) is 0 Å². The van der Waals surface area contributed by atoms with Gasteiger partial charge in [0.1, 0.15) is 15.6 Å². The van der Waals surface area contributed by atoms with E-state index in [9.17, 15) is 14.4 Å². The predicted molar refractivity (Wildman–Crippen MR) is 135 cm³/mol. The van der Waals surface area contributed by atoms with Gasteiger partial charge in [-0.05, 0) is 38.5 Å². The van der Waals surface area contributed by atoms with Gasteiger partial charge in [-0.2, -0.15) is 0 Å². The van der Waals surface area contributed by atoms with Gasteiger partial charge in [0.15, 0.2) is 0 Å². The van der Waals surface area contributed by atoms with Gasteiger partial charge in [-0.1, -0.05) is 42.7 Å². The van der Waals surface area contributed by atoms with Crippen molar-refractivity contribution >= 4 is 69.7 Å². The van der Waals surface area contributed by atoms with Crippen LogP contribution in [0.3, 0.4) is 0 Å². The van der Waals surface area contributed by atoms with Crippen LogP contribution in [-0.2, 0) is 23.9 Å². The minimum Gasteiger partial charge on any atom is -0.497 e. The van der Waals surface area contributed by atoms with Gasteiger partial charge in [-0.25, -0.2) is 9.59 Å². The smallest absolute Gasteiger partial charge is 0.346 e. The van der Waals surface area contributed by atoms with E-state index >= 15 is 0 Å². The second-order valence-corrected chi connectivity index (χ2v) is 10.5. The highest BCUT2D eigenvalue weighted by molar-refractivity contribution is 8.29. The van der Waals surface area contributed by atoms with Gasteiger partial charge in [0.2, 0.25) is 5.91 Å². The SMILES string of the molecule is CCCC(=O)N1c2ccc(OC)cc2C(=C2SC(C(=O)OC)=C(C(=O)OC)S2)C(=S)C1(C)C. The predicted octanol–water partition coefficient (Wildman–Crippen LogP) is 4.70. The van der Waals surface area contributed by atoms with E-state index in [0.717, 1.165) is 23.5 Å². The van der Waals surface area contributed by atoms with E-state index in [4.69, 9.17) is 26.4 Å². The summed E-state index contributed by atoms with van der Waals surface area (Å²) in [7, 11) is 4.07. The van der Waals surface area contributed by atoms with Crippen LogP contribution in [0.5, 0.6) is 5.75 Å². The fourth-order valence-electron chi connectivity index (χ4n) is 3.70. The molecule has 0 spiro atoms. The Kier molecular flexibility index (Phi) is 7.60. The Morgan fingerprint density at radius 3 is 2.09 bits per heavy atom. The summed E-state index contributed by atoms with van der Waals surface area (Å²) < 4.78 is 15.8. The Hall–Kier alpha value is -2.30. The number of thioether (sulfide) groups is 2. The molecular weight excluding hydrogens is 482 g/mol. The molecule has 0 bridgehead atoms. The van der Waals surface area contributed by atoms with Gasteiger partial charge in [-0.3, -0.25) is 4.79 Å². The lowest BCUT2D eigenvalue weighted by Gasteiger charge is -2.45. The Labute approximate surface area is 206 Å². The third kappa shape index (κ3) is 4.43. The molecule has 1 amide bonds. The number of rotatable bonds is 5. The fraction of sp³-hybridized carbons (Fsp3) is 0.391. The van der Waals surface area contributed by atoms with Crippen molar-refractivity contribution < 1.29 is 28.6 Å². The molecular formula is C23H25NO6S3. The van der Waals surface area contributed by atoms with Gasteiger partial charge in [-0.15, -0.1) is 0 Å². The molecule has 1 aromatic carbocycles. The number of nitrogens with zero attached hydrogens (tertiary/aromatic N) is 1. The van der Waals surface area contributed by atoms with E-state index in [1.807, 2.05) is 32.9 Å². The van der Waals surface area contributed by atoms with Crippen LogP contribution >= 0.6 is 35.7 Å². The number of fused-ring (bicyclic) bond motifs is 1. The van der Waals surface area contributed by atoms with Crippen LogP contribution in [-0.4, -0.2) is 49.6 Å². The molecule has 0 aromatic heterocycles. The van der Waals surface area contributed by atoms with Crippen LogP contribution < -0.4 is 9.64 Å². The number of hydrogen-bond donors (Lipinski definition) is 0. The molecule has 2 aliphatic rings. The summed E-state index contributed by atoms with van der Waals surface area (Å²) in [6, 6.07) is 5.46. The number of carbonyl (C=O) groups is 3. The van der Waals surface area contributed by atoms with E-state index in [1.54, 1.807) is 18.1 Å². The number of benzene rings is 1. The number of hydrogen-bond acceptors (Lipinski definition) is 9. The first-order valence-electron chi connectivity index (χ1n) is 10.2. The van der Waals surface area contributed by atoms with E-state index in [1.165, 1.54) is 14.2 Å². The van der Waals surface area contributed by atoms with E-state index in [-0.39, 0.29) is 15.7 Å². The average Bonchev–Trinajstić information content (AvgIpc) is 3.23. The molecule has 176 valence electrons. The standard InChI is InChI=1S/C23H25NO6S3/c1-7-8-15(25)24-14-10-9-12(28-4)11-13(14)16(19(31)23(24,2)3)22-32-17(20(26)29-5)18(33-22)21(27)30-6/h9-11H,7-8H2,1-6H3. The minimum atomic E-state index is -0.813. The molecule has 7 nitrogen and oxygen atoms in total. The topological polar surface area (TPSA) is 82.1 Å². The number of amides is 1. The molecule has 0 saturated carbocycles. The maximum atomic E-state index is 13.1. The molecule has 0 saturated heterocycles. The Balaban J connectivity index is 2.26. The van der Waals surface area contributed by atoms with Crippen LogP contribution in [0.1, 0.15) is 39.2 Å². The number of anilines is 1. The lowest BCUT2D eigenvalue weighted by Crippen LogP contribution is -2.55. The molecule has 2 heterocycles. The summed E-state index contributed by atoms with van der Waals surface area (Å²) in [4.78, 5) is 40.5. The number of thiocarbonyl (C=S) groups is 1. The lowest BCUT2D eigenvalue weighted by atomic mass is 9.83. The highest BCUT2D eigenvalue weighted by Gasteiger charge is 2.46. The second kappa shape index (κ2) is 9.90. The summed E-state index contributed by atoms with van der Waals surface area (Å²) >= 11 is 8.17. The summed E-state index contributed by atoms with van der Waals surface area (Å²) in [5.74, 6) is -0.694. The third-order valence-electron chi connectivity index (χ3n) is 5.31. The molecule has 0 radical (unpaired) electrons. The highest BCUT2D eigenvalue weighted by Crippen LogP contribution is 2.56. The first kappa shape index (κ1) is 25.3. The molecule has 3 rings (SSSR count). The van der Waals surface area contributed by atoms with Gasteiger partial charge >= 0.3 is 11.9 Å². The first-order chi connectivity index (χ1) is 15.6. The fourth-order valence-corrected chi connectivity index (χ4v) is 6.73. The Morgan fingerprint density at radius 2 is 1.61 bits per heavy atom. The summed E-state index contributed by atoms with van der Waals surface area (Å²) in [6.45, 7) is 5.75. The van der Waals surface area contributed by atoms with Crippen LogP contribution in [0.4, 0.5) is 5.69 Å². The Bertz CT molecular complexity index is 1080. The molecule has 1 aromatic rings. The zero-order valence-corrected chi connectivity index (χ0v) is 21.7. The third-order valence-corrected chi connectivity index (χ3v) is 8.57. The maximum absolute atomic E-state index is 13.1. The zero-order chi connectivity index (χ0) is 24.5.